The summed E-state index contributed by atoms with van der Waals surface area (Å²) in [7, 11) is 0. The van der Waals surface area contributed by atoms with E-state index in [1.807, 2.05) is 0 Å². The van der Waals surface area contributed by atoms with Crippen molar-refractivity contribution in [3.05, 3.63) is 29.6 Å². The van der Waals surface area contributed by atoms with Crippen LogP contribution in [0.15, 0.2) is 18.3 Å². The van der Waals surface area contributed by atoms with Crippen molar-refractivity contribution in [3.63, 3.8) is 0 Å². The molecule has 1 fully saturated rings. The maximum Gasteiger partial charge on any atom is 0.417 e. The molecular formula is C10H9F3N2O. The normalized spacial score (nSPS) is 15.9. The molecule has 1 aromatic rings. The number of hydrogen-bond donors (Lipinski definition) is 1. The molecule has 0 saturated heterocycles. The zero-order chi connectivity index (χ0) is 11.8. The van der Waals surface area contributed by atoms with E-state index in [-0.39, 0.29) is 11.7 Å². The summed E-state index contributed by atoms with van der Waals surface area (Å²) in [5, 5.41) is 2.65. The molecule has 0 unspecified atom stereocenters. The molecular weight excluding hydrogens is 221 g/mol. The molecule has 0 spiro atoms. The van der Waals surface area contributed by atoms with Gasteiger partial charge < -0.3 is 5.32 Å². The van der Waals surface area contributed by atoms with Crippen molar-refractivity contribution in [1.29, 1.82) is 0 Å². The summed E-state index contributed by atoms with van der Waals surface area (Å²) >= 11 is 0. The fourth-order valence-corrected chi connectivity index (χ4v) is 1.18. The van der Waals surface area contributed by atoms with Gasteiger partial charge in [-0.05, 0) is 25.0 Å². The number of carbonyl (C=O) groups excluding carboxylic acids is 1. The molecule has 1 aliphatic rings. The van der Waals surface area contributed by atoms with Gasteiger partial charge in [-0.15, -0.1) is 0 Å². The van der Waals surface area contributed by atoms with Crippen LogP contribution in [0.1, 0.15) is 28.9 Å². The van der Waals surface area contributed by atoms with Crippen LogP contribution >= 0.6 is 0 Å². The number of pyridine rings is 1. The number of aromatic nitrogens is 1. The van der Waals surface area contributed by atoms with Crippen molar-refractivity contribution in [2.75, 3.05) is 0 Å². The van der Waals surface area contributed by atoms with Gasteiger partial charge in [0.1, 0.15) is 5.69 Å². The Morgan fingerprint density at radius 1 is 1.38 bits per heavy atom. The third-order valence-electron chi connectivity index (χ3n) is 2.24. The van der Waals surface area contributed by atoms with Gasteiger partial charge in [0, 0.05) is 12.2 Å². The molecule has 1 aromatic heterocycles. The smallest absolute Gasteiger partial charge is 0.348 e. The molecule has 0 bridgehead atoms. The summed E-state index contributed by atoms with van der Waals surface area (Å²) in [6.45, 7) is 0. The lowest BCUT2D eigenvalue weighted by atomic mass is 10.2. The zero-order valence-corrected chi connectivity index (χ0v) is 8.21. The molecule has 0 radical (unpaired) electrons. The maximum absolute atomic E-state index is 12.2. The molecule has 0 aromatic carbocycles. The molecule has 1 heterocycles. The predicted molar refractivity (Wildman–Crippen MR) is 49.7 cm³/mol. The van der Waals surface area contributed by atoms with E-state index in [4.69, 9.17) is 0 Å². The number of carbonyl (C=O) groups is 1. The summed E-state index contributed by atoms with van der Waals surface area (Å²) < 4.78 is 36.6. The highest BCUT2D eigenvalue weighted by molar-refractivity contribution is 5.92. The number of nitrogens with zero attached hydrogens (tertiary/aromatic N) is 1. The Hall–Kier alpha value is -1.59. The van der Waals surface area contributed by atoms with Crippen molar-refractivity contribution in [3.8, 4) is 0 Å². The second kappa shape index (κ2) is 3.77. The average Bonchev–Trinajstić information content (AvgIpc) is 3.00. The molecule has 0 aliphatic heterocycles. The zero-order valence-electron chi connectivity index (χ0n) is 8.21. The van der Waals surface area contributed by atoms with E-state index in [2.05, 4.69) is 10.3 Å². The van der Waals surface area contributed by atoms with E-state index >= 15 is 0 Å². The van der Waals surface area contributed by atoms with E-state index in [0.717, 1.165) is 25.0 Å². The van der Waals surface area contributed by atoms with Crippen LogP contribution in [0.3, 0.4) is 0 Å². The summed E-state index contributed by atoms with van der Waals surface area (Å²) in [5.74, 6) is -0.420. The largest absolute Gasteiger partial charge is 0.417 e. The van der Waals surface area contributed by atoms with Gasteiger partial charge in [0.05, 0.1) is 5.56 Å². The molecule has 6 heteroatoms. The SMILES string of the molecule is O=C(NC1CC1)c1ccc(C(F)(F)F)cn1. The second-order valence-corrected chi connectivity index (χ2v) is 3.68. The van der Waals surface area contributed by atoms with Gasteiger partial charge in [0.25, 0.3) is 5.91 Å². The lowest BCUT2D eigenvalue weighted by molar-refractivity contribution is -0.137. The van der Waals surface area contributed by atoms with Crippen LogP contribution in [0.2, 0.25) is 0 Å². The van der Waals surface area contributed by atoms with E-state index in [1.165, 1.54) is 0 Å². The third-order valence-corrected chi connectivity index (χ3v) is 2.24. The Labute approximate surface area is 89.7 Å². The van der Waals surface area contributed by atoms with Gasteiger partial charge in [-0.2, -0.15) is 13.2 Å². The van der Waals surface area contributed by atoms with E-state index in [1.54, 1.807) is 0 Å². The minimum Gasteiger partial charge on any atom is -0.348 e. The lowest BCUT2D eigenvalue weighted by Crippen LogP contribution is -2.26. The number of halogens is 3. The standard InChI is InChI=1S/C10H9F3N2O/c11-10(12,13)6-1-4-8(14-5-6)9(16)15-7-2-3-7/h1,4-5,7H,2-3H2,(H,15,16). The van der Waals surface area contributed by atoms with Crippen LogP contribution in [-0.2, 0) is 6.18 Å². The first-order valence-corrected chi connectivity index (χ1v) is 4.81. The Kier molecular flexibility index (Phi) is 2.57. The highest BCUT2D eigenvalue weighted by Gasteiger charge is 2.31. The maximum atomic E-state index is 12.2. The van der Waals surface area contributed by atoms with Crippen LogP contribution in [0.25, 0.3) is 0 Å². The molecule has 16 heavy (non-hydrogen) atoms. The monoisotopic (exact) mass is 230 g/mol. The highest BCUT2D eigenvalue weighted by Crippen LogP contribution is 2.28. The molecule has 2 rings (SSSR count). The summed E-state index contributed by atoms with van der Waals surface area (Å²) in [6, 6.07) is 2.10. The van der Waals surface area contributed by atoms with Gasteiger partial charge in [-0.3, -0.25) is 9.78 Å². The molecule has 1 aliphatic carbocycles. The van der Waals surface area contributed by atoms with Gasteiger partial charge >= 0.3 is 6.18 Å². The molecule has 86 valence electrons. The van der Waals surface area contributed by atoms with Crippen molar-refractivity contribution >= 4 is 5.91 Å². The van der Waals surface area contributed by atoms with Crippen molar-refractivity contribution in [1.82, 2.24) is 10.3 Å². The van der Waals surface area contributed by atoms with Gasteiger partial charge in [0.15, 0.2) is 0 Å². The number of amides is 1. The van der Waals surface area contributed by atoms with Crippen molar-refractivity contribution in [2.24, 2.45) is 0 Å². The van der Waals surface area contributed by atoms with Crippen LogP contribution in [0.5, 0.6) is 0 Å². The number of nitrogens with one attached hydrogen (secondary N) is 1. The predicted octanol–water partition coefficient (Wildman–Crippen LogP) is 1.99. The Balaban J connectivity index is 2.09. The number of hydrogen-bond acceptors (Lipinski definition) is 2. The third kappa shape index (κ3) is 2.50. The van der Waals surface area contributed by atoms with Crippen LogP contribution in [-0.4, -0.2) is 16.9 Å². The fourth-order valence-electron chi connectivity index (χ4n) is 1.18. The van der Waals surface area contributed by atoms with Gasteiger partial charge in [0.2, 0.25) is 0 Å². The van der Waals surface area contributed by atoms with Crippen LogP contribution in [0, 0.1) is 0 Å². The average molecular weight is 230 g/mol. The van der Waals surface area contributed by atoms with Crippen molar-refractivity contribution in [2.45, 2.75) is 25.1 Å². The van der Waals surface area contributed by atoms with Crippen LogP contribution in [0.4, 0.5) is 13.2 Å². The Morgan fingerprint density at radius 3 is 2.50 bits per heavy atom. The fraction of sp³-hybridized carbons (Fsp3) is 0.400. The lowest BCUT2D eigenvalue weighted by Gasteiger charge is -2.06. The first-order chi connectivity index (χ1) is 7.47. The molecule has 1 N–H and O–H groups in total. The van der Waals surface area contributed by atoms with E-state index < -0.39 is 17.6 Å². The quantitative estimate of drug-likeness (QED) is 0.844. The second-order valence-electron chi connectivity index (χ2n) is 3.68. The first-order valence-electron chi connectivity index (χ1n) is 4.81. The summed E-state index contributed by atoms with van der Waals surface area (Å²) in [4.78, 5) is 14.9. The van der Waals surface area contributed by atoms with Crippen LogP contribution < -0.4 is 5.32 Å². The first kappa shape index (κ1) is 10.9. The van der Waals surface area contributed by atoms with E-state index in [0.29, 0.717) is 6.20 Å². The highest BCUT2D eigenvalue weighted by atomic mass is 19.4. The molecule has 1 saturated carbocycles. The van der Waals surface area contributed by atoms with Gasteiger partial charge in [-0.25, -0.2) is 0 Å². The Morgan fingerprint density at radius 2 is 2.06 bits per heavy atom. The summed E-state index contributed by atoms with van der Waals surface area (Å²) in [6.07, 6.45) is -1.90. The molecule has 3 nitrogen and oxygen atoms in total. The van der Waals surface area contributed by atoms with E-state index in [9.17, 15) is 18.0 Å². The van der Waals surface area contributed by atoms with Crippen molar-refractivity contribution < 1.29 is 18.0 Å². The topological polar surface area (TPSA) is 42.0 Å². The Bertz CT molecular complexity index is 396. The van der Waals surface area contributed by atoms with Gasteiger partial charge in [-0.1, -0.05) is 0 Å². The molecule has 0 atom stereocenters. The number of alkyl halides is 3. The minimum atomic E-state index is -4.42. The minimum absolute atomic E-state index is 0.0138. The number of rotatable bonds is 2. The summed E-state index contributed by atoms with van der Waals surface area (Å²) in [5.41, 5.74) is -0.838. The molecule has 1 amide bonds.